The maximum atomic E-state index is 13.2. The lowest BCUT2D eigenvalue weighted by Gasteiger charge is -2.40. The summed E-state index contributed by atoms with van der Waals surface area (Å²) >= 11 is 0. The second kappa shape index (κ2) is 7.99. The van der Waals surface area contributed by atoms with E-state index in [0.29, 0.717) is 5.56 Å². The maximum absolute atomic E-state index is 13.2. The first-order chi connectivity index (χ1) is 13.0. The number of carbonyl (C=O) groups is 1. The van der Waals surface area contributed by atoms with E-state index in [4.69, 9.17) is 4.74 Å². The molecule has 27 heavy (non-hydrogen) atoms. The minimum Gasteiger partial charge on any atom is -0.496 e. The third-order valence-electron chi connectivity index (χ3n) is 5.79. The summed E-state index contributed by atoms with van der Waals surface area (Å²) in [5, 5.41) is 3.36. The van der Waals surface area contributed by atoms with Crippen LogP contribution in [-0.4, -0.2) is 18.6 Å². The first-order valence-corrected chi connectivity index (χ1v) is 9.69. The Morgan fingerprint density at radius 3 is 2.33 bits per heavy atom. The van der Waals surface area contributed by atoms with E-state index >= 15 is 0 Å². The van der Waals surface area contributed by atoms with Gasteiger partial charge in [-0.25, -0.2) is 0 Å². The highest BCUT2D eigenvalue weighted by atomic mass is 16.5. The van der Waals surface area contributed by atoms with Crippen molar-refractivity contribution < 1.29 is 9.53 Å². The SMILES string of the molecule is C=C(c1ccc(C)cc1)C1(NC(=O)c2cccc(OC)c2C)CCCCC1. The molecule has 1 aliphatic rings. The zero-order valence-electron chi connectivity index (χ0n) is 16.6. The smallest absolute Gasteiger partial charge is 0.252 e. The maximum Gasteiger partial charge on any atom is 0.252 e. The summed E-state index contributed by atoms with van der Waals surface area (Å²) in [6.07, 6.45) is 5.25. The number of carbonyl (C=O) groups excluding carboxylic acids is 1. The lowest BCUT2D eigenvalue weighted by molar-refractivity contribution is 0.0903. The summed E-state index contributed by atoms with van der Waals surface area (Å²) in [5.74, 6) is 0.680. The number of ether oxygens (including phenoxy) is 1. The number of amides is 1. The Kier molecular flexibility index (Phi) is 5.69. The lowest BCUT2D eigenvalue weighted by atomic mass is 9.74. The van der Waals surface area contributed by atoms with Gasteiger partial charge < -0.3 is 10.1 Å². The van der Waals surface area contributed by atoms with Gasteiger partial charge in [0.25, 0.3) is 5.91 Å². The van der Waals surface area contributed by atoms with Crippen molar-refractivity contribution in [3.05, 3.63) is 71.3 Å². The number of aryl methyl sites for hydroxylation is 1. The van der Waals surface area contributed by atoms with Crippen LogP contribution in [0.1, 0.15) is 59.2 Å². The van der Waals surface area contributed by atoms with Crippen molar-refractivity contribution in [3.8, 4) is 5.75 Å². The van der Waals surface area contributed by atoms with Crippen LogP contribution in [0.15, 0.2) is 49.0 Å². The van der Waals surface area contributed by atoms with Gasteiger partial charge in [-0.1, -0.05) is 61.7 Å². The standard InChI is InChI=1S/C24H29NO2/c1-17-11-13-20(14-12-17)19(3)24(15-6-5-7-16-24)25-23(26)21-9-8-10-22(27-4)18(21)2/h8-14H,3,5-7,15-16H2,1-2,4H3,(H,25,26). The summed E-state index contributed by atoms with van der Waals surface area (Å²) in [4.78, 5) is 13.2. The van der Waals surface area contributed by atoms with Crippen LogP contribution in [0.5, 0.6) is 5.75 Å². The molecule has 3 heteroatoms. The molecule has 1 N–H and O–H groups in total. The highest BCUT2D eigenvalue weighted by molar-refractivity contribution is 5.98. The first kappa shape index (κ1) is 19.2. The first-order valence-electron chi connectivity index (χ1n) is 9.69. The molecular weight excluding hydrogens is 334 g/mol. The van der Waals surface area contributed by atoms with E-state index in [1.54, 1.807) is 7.11 Å². The van der Waals surface area contributed by atoms with Gasteiger partial charge in [0, 0.05) is 11.1 Å². The van der Waals surface area contributed by atoms with Crippen LogP contribution >= 0.6 is 0 Å². The monoisotopic (exact) mass is 363 g/mol. The predicted octanol–water partition coefficient (Wildman–Crippen LogP) is 5.46. The van der Waals surface area contributed by atoms with Crippen molar-refractivity contribution in [3.63, 3.8) is 0 Å². The van der Waals surface area contributed by atoms with Gasteiger partial charge in [-0.3, -0.25) is 4.79 Å². The van der Waals surface area contributed by atoms with Crippen LogP contribution in [0.2, 0.25) is 0 Å². The summed E-state index contributed by atoms with van der Waals surface area (Å²) in [6, 6.07) is 14.0. The van der Waals surface area contributed by atoms with Gasteiger partial charge in [-0.05, 0) is 50.0 Å². The molecule has 0 bridgehead atoms. The summed E-state index contributed by atoms with van der Waals surface area (Å²) in [6.45, 7) is 8.42. The number of hydrogen-bond acceptors (Lipinski definition) is 2. The Morgan fingerprint density at radius 1 is 1.04 bits per heavy atom. The highest BCUT2D eigenvalue weighted by Gasteiger charge is 2.37. The van der Waals surface area contributed by atoms with Gasteiger partial charge in [0.15, 0.2) is 0 Å². The highest BCUT2D eigenvalue weighted by Crippen LogP contribution is 2.39. The molecule has 0 unspecified atom stereocenters. The van der Waals surface area contributed by atoms with Crippen LogP contribution in [-0.2, 0) is 0 Å². The fourth-order valence-corrected chi connectivity index (χ4v) is 4.05. The van der Waals surface area contributed by atoms with E-state index in [0.717, 1.165) is 48.1 Å². The molecule has 2 aromatic rings. The van der Waals surface area contributed by atoms with E-state index in [2.05, 4.69) is 43.1 Å². The molecule has 3 rings (SSSR count). The molecule has 0 spiro atoms. The predicted molar refractivity (Wildman–Crippen MR) is 111 cm³/mol. The largest absolute Gasteiger partial charge is 0.496 e. The molecule has 1 fully saturated rings. The number of hydrogen-bond donors (Lipinski definition) is 1. The molecule has 1 saturated carbocycles. The minimum atomic E-state index is -0.389. The van der Waals surface area contributed by atoms with E-state index in [-0.39, 0.29) is 11.4 Å². The number of nitrogens with one attached hydrogen (secondary N) is 1. The zero-order valence-corrected chi connectivity index (χ0v) is 16.6. The molecule has 1 amide bonds. The van der Waals surface area contributed by atoms with Gasteiger partial charge in [0.05, 0.1) is 12.6 Å². The lowest BCUT2D eigenvalue weighted by Crippen LogP contribution is -2.50. The summed E-state index contributed by atoms with van der Waals surface area (Å²) in [5.41, 5.74) is 4.47. The molecule has 0 radical (unpaired) electrons. The van der Waals surface area contributed by atoms with Crippen LogP contribution in [0.3, 0.4) is 0 Å². The fourth-order valence-electron chi connectivity index (χ4n) is 4.05. The second-order valence-electron chi connectivity index (χ2n) is 7.57. The van der Waals surface area contributed by atoms with Crippen molar-refractivity contribution in [1.29, 1.82) is 0 Å². The molecule has 3 nitrogen and oxygen atoms in total. The zero-order chi connectivity index (χ0) is 19.4. The van der Waals surface area contributed by atoms with E-state index in [1.165, 1.54) is 12.0 Å². The Bertz CT molecular complexity index is 830. The number of methoxy groups -OCH3 is 1. The molecular formula is C24H29NO2. The van der Waals surface area contributed by atoms with Crippen molar-refractivity contribution in [2.45, 2.75) is 51.5 Å². The summed E-state index contributed by atoms with van der Waals surface area (Å²) < 4.78 is 5.38. The quantitative estimate of drug-likeness (QED) is 0.766. The second-order valence-corrected chi connectivity index (χ2v) is 7.57. The Morgan fingerprint density at radius 2 is 1.70 bits per heavy atom. The molecule has 0 heterocycles. The Labute approximate surface area is 162 Å². The fraction of sp³-hybridized carbons (Fsp3) is 0.375. The molecule has 2 aromatic carbocycles. The van der Waals surface area contributed by atoms with Crippen molar-refractivity contribution in [2.75, 3.05) is 7.11 Å². The van der Waals surface area contributed by atoms with E-state index in [9.17, 15) is 4.79 Å². The molecule has 0 atom stereocenters. The molecule has 1 aliphatic carbocycles. The number of rotatable bonds is 5. The topological polar surface area (TPSA) is 38.3 Å². The van der Waals surface area contributed by atoms with E-state index in [1.807, 2.05) is 25.1 Å². The van der Waals surface area contributed by atoms with Crippen molar-refractivity contribution in [1.82, 2.24) is 5.32 Å². The van der Waals surface area contributed by atoms with Crippen molar-refractivity contribution in [2.24, 2.45) is 0 Å². The van der Waals surface area contributed by atoms with Gasteiger partial charge in [0.2, 0.25) is 0 Å². The molecule has 142 valence electrons. The Hall–Kier alpha value is -2.55. The van der Waals surface area contributed by atoms with Crippen LogP contribution in [0, 0.1) is 13.8 Å². The number of benzene rings is 2. The average molecular weight is 364 g/mol. The van der Waals surface area contributed by atoms with Gasteiger partial charge >= 0.3 is 0 Å². The molecule has 0 saturated heterocycles. The molecule has 0 aromatic heterocycles. The summed E-state index contributed by atoms with van der Waals surface area (Å²) in [7, 11) is 1.63. The van der Waals surface area contributed by atoms with Crippen molar-refractivity contribution >= 4 is 11.5 Å². The normalized spacial score (nSPS) is 15.8. The van der Waals surface area contributed by atoms with Crippen LogP contribution in [0.4, 0.5) is 0 Å². The van der Waals surface area contributed by atoms with Gasteiger partial charge in [-0.2, -0.15) is 0 Å². The van der Waals surface area contributed by atoms with Crippen LogP contribution < -0.4 is 10.1 Å². The minimum absolute atomic E-state index is 0.0541. The molecule has 0 aliphatic heterocycles. The third kappa shape index (κ3) is 3.92. The van der Waals surface area contributed by atoms with Crippen LogP contribution in [0.25, 0.3) is 5.57 Å². The Balaban J connectivity index is 1.92. The van der Waals surface area contributed by atoms with Gasteiger partial charge in [0.1, 0.15) is 5.75 Å². The van der Waals surface area contributed by atoms with Gasteiger partial charge in [-0.15, -0.1) is 0 Å². The third-order valence-corrected chi connectivity index (χ3v) is 5.79. The van der Waals surface area contributed by atoms with E-state index < -0.39 is 0 Å². The average Bonchev–Trinajstić information content (AvgIpc) is 2.69.